The lowest BCUT2D eigenvalue weighted by Crippen LogP contribution is -2.23. The van der Waals surface area contributed by atoms with Crippen molar-refractivity contribution in [3.63, 3.8) is 0 Å². The Bertz CT molecular complexity index is 1120. The molecule has 0 saturated heterocycles. The number of carbonyl (C=O) groups excluding carboxylic acids is 1. The van der Waals surface area contributed by atoms with Gasteiger partial charge < -0.3 is 5.73 Å². The molecule has 0 spiro atoms. The predicted molar refractivity (Wildman–Crippen MR) is 124 cm³/mol. The Morgan fingerprint density at radius 2 is 1.81 bits per heavy atom. The van der Waals surface area contributed by atoms with Crippen LogP contribution in [0.1, 0.15) is 86.5 Å². The number of amides is 1. The van der Waals surface area contributed by atoms with E-state index in [1.54, 1.807) is 18.6 Å². The summed E-state index contributed by atoms with van der Waals surface area (Å²) in [5.41, 5.74) is 12.5. The molecule has 4 rings (SSSR count). The third-order valence-corrected chi connectivity index (χ3v) is 5.83. The number of pyridine rings is 1. The quantitative estimate of drug-likeness (QED) is 0.589. The van der Waals surface area contributed by atoms with E-state index in [0.717, 1.165) is 28.1 Å². The van der Waals surface area contributed by atoms with Crippen LogP contribution in [0.25, 0.3) is 22.5 Å². The third kappa shape index (κ3) is 4.22. The van der Waals surface area contributed by atoms with E-state index in [2.05, 4.69) is 68.9 Å². The smallest absolute Gasteiger partial charge is 0.249 e. The van der Waals surface area contributed by atoms with Gasteiger partial charge in [-0.1, -0.05) is 58.9 Å². The van der Waals surface area contributed by atoms with Gasteiger partial charge in [0.25, 0.3) is 0 Å². The lowest BCUT2D eigenvalue weighted by Gasteiger charge is -2.26. The van der Waals surface area contributed by atoms with Gasteiger partial charge >= 0.3 is 0 Å². The first-order valence-corrected chi connectivity index (χ1v) is 10.9. The maximum Gasteiger partial charge on any atom is 0.249 e. The fourth-order valence-corrected chi connectivity index (χ4v) is 4.17. The van der Waals surface area contributed by atoms with Crippen LogP contribution in [0, 0.1) is 0 Å². The molecule has 5 nitrogen and oxygen atoms in total. The zero-order chi connectivity index (χ0) is 22.3. The molecule has 1 aliphatic rings. The van der Waals surface area contributed by atoms with Gasteiger partial charge in [0.1, 0.15) is 6.33 Å². The molecule has 1 saturated carbocycles. The summed E-state index contributed by atoms with van der Waals surface area (Å²) in [7, 11) is 0. The monoisotopic (exact) mass is 414 g/mol. The number of nitrogens with two attached hydrogens (primary N) is 1. The summed E-state index contributed by atoms with van der Waals surface area (Å²) in [4.78, 5) is 26.3. The summed E-state index contributed by atoms with van der Waals surface area (Å²) >= 11 is 0. The highest BCUT2D eigenvalue weighted by molar-refractivity contribution is 5.98. The molecule has 5 heteroatoms. The first-order valence-electron chi connectivity index (χ1n) is 10.9. The zero-order valence-electron chi connectivity index (χ0n) is 18.9. The second kappa shape index (κ2) is 7.88. The molecular weight excluding hydrogens is 384 g/mol. The van der Waals surface area contributed by atoms with Gasteiger partial charge in [-0.25, -0.2) is 15.0 Å². The minimum absolute atomic E-state index is 0.195. The van der Waals surface area contributed by atoms with Crippen LogP contribution in [0.2, 0.25) is 0 Å². The first-order chi connectivity index (χ1) is 14.7. The summed E-state index contributed by atoms with van der Waals surface area (Å²) < 4.78 is 0. The van der Waals surface area contributed by atoms with E-state index in [1.807, 2.05) is 0 Å². The molecule has 1 amide bonds. The Kier molecular flexibility index (Phi) is 5.38. The third-order valence-electron chi connectivity index (χ3n) is 5.83. The summed E-state index contributed by atoms with van der Waals surface area (Å²) in [6, 6.07) is 10.4. The van der Waals surface area contributed by atoms with Gasteiger partial charge in [0.2, 0.25) is 5.91 Å². The van der Waals surface area contributed by atoms with Gasteiger partial charge in [-0.3, -0.25) is 4.79 Å². The molecule has 1 aliphatic carbocycles. The number of benzene rings is 1. The molecule has 2 N–H and O–H groups in total. The largest absolute Gasteiger partial charge is 0.366 e. The van der Waals surface area contributed by atoms with Crippen LogP contribution in [-0.4, -0.2) is 20.9 Å². The average Bonchev–Trinajstić information content (AvgIpc) is 3.57. The summed E-state index contributed by atoms with van der Waals surface area (Å²) in [6.07, 6.45) is 5.84. The molecule has 2 aromatic heterocycles. The van der Waals surface area contributed by atoms with Crippen LogP contribution in [0.4, 0.5) is 0 Å². The molecule has 3 aromatic rings. The number of rotatable bonds is 5. The fourth-order valence-electron chi connectivity index (χ4n) is 4.17. The number of primary amides is 1. The zero-order valence-corrected chi connectivity index (χ0v) is 18.9. The van der Waals surface area contributed by atoms with Crippen molar-refractivity contribution in [3.05, 3.63) is 65.2 Å². The minimum Gasteiger partial charge on any atom is -0.366 e. The van der Waals surface area contributed by atoms with Gasteiger partial charge in [0, 0.05) is 22.9 Å². The molecule has 31 heavy (non-hydrogen) atoms. The highest BCUT2D eigenvalue weighted by Gasteiger charge is 2.29. The molecule has 0 atom stereocenters. The Labute approximate surface area is 184 Å². The highest BCUT2D eigenvalue weighted by atomic mass is 16.1. The van der Waals surface area contributed by atoms with Gasteiger partial charge in [0.05, 0.1) is 17.1 Å². The average molecular weight is 415 g/mol. The maximum absolute atomic E-state index is 12.6. The fraction of sp³-hybridized carbons (Fsp3) is 0.385. The first kappa shape index (κ1) is 21.2. The van der Waals surface area contributed by atoms with E-state index in [0.29, 0.717) is 17.2 Å². The van der Waals surface area contributed by atoms with E-state index >= 15 is 0 Å². The van der Waals surface area contributed by atoms with Crippen molar-refractivity contribution in [2.75, 3.05) is 0 Å². The van der Waals surface area contributed by atoms with E-state index < -0.39 is 5.91 Å². The standard InChI is InChI=1S/C26H30N4O/c1-15(2)23-20(13-28-14-29-23)21-12-19(25(27)31)22(26(3,4)5)24(30-21)18-10-8-17(9-11-18)16-6-7-16/h8-16H,6-7H2,1-5H3,(H2,27,31). The van der Waals surface area contributed by atoms with Crippen molar-refractivity contribution < 1.29 is 4.79 Å². The Morgan fingerprint density at radius 1 is 1.13 bits per heavy atom. The van der Waals surface area contributed by atoms with Crippen molar-refractivity contribution in [2.24, 2.45) is 5.73 Å². The number of hydrogen-bond donors (Lipinski definition) is 1. The summed E-state index contributed by atoms with van der Waals surface area (Å²) in [5, 5.41) is 0. The molecule has 0 radical (unpaired) electrons. The van der Waals surface area contributed by atoms with Crippen molar-refractivity contribution in [3.8, 4) is 22.5 Å². The SMILES string of the molecule is CC(C)c1ncncc1-c1cc(C(N)=O)c(C(C)(C)C)c(-c2ccc(C3CC3)cc2)n1. The number of carbonyl (C=O) groups is 1. The molecule has 0 aliphatic heterocycles. The molecule has 160 valence electrons. The van der Waals surface area contributed by atoms with Crippen LogP contribution in [-0.2, 0) is 5.41 Å². The van der Waals surface area contributed by atoms with Crippen LogP contribution < -0.4 is 5.73 Å². The number of hydrogen-bond acceptors (Lipinski definition) is 4. The molecular formula is C26H30N4O. The molecule has 2 heterocycles. The van der Waals surface area contributed by atoms with Gasteiger partial charge in [0.15, 0.2) is 0 Å². The molecule has 0 bridgehead atoms. The van der Waals surface area contributed by atoms with E-state index in [1.165, 1.54) is 18.4 Å². The lowest BCUT2D eigenvalue weighted by molar-refractivity contribution is 0.0998. The van der Waals surface area contributed by atoms with Crippen LogP contribution in [0.3, 0.4) is 0 Å². The van der Waals surface area contributed by atoms with Crippen molar-refractivity contribution in [1.29, 1.82) is 0 Å². The van der Waals surface area contributed by atoms with E-state index in [9.17, 15) is 4.79 Å². The normalized spacial score (nSPS) is 14.1. The van der Waals surface area contributed by atoms with Gasteiger partial charge in [-0.2, -0.15) is 0 Å². The topological polar surface area (TPSA) is 81.8 Å². The summed E-state index contributed by atoms with van der Waals surface area (Å²) in [5.74, 6) is 0.430. The number of aromatic nitrogens is 3. The van der Waals surface area contributed by atoms with E-state index in [4.69, 9.17) is 10.7 Å². The molecule has 1 fully saturated rings. The maximum atomic E-state index is 12.6. The van der Waals surface area contributed by atoms with Gasteiger partial charge in [-0.15, -0.1) is 0 Å². The Hall–Kier alpha value is -3.08. The molecule has 1 aromatic carbocycles. The van der Waals surface area contributed by atoms with Gasteiger partial charge in [-0.05, 0) is 47.3 Å². The predicted octanol–water partition coefficient (Wildman–Crippen LogP) is 5.60. The van der Waals surface area contributed by atoms with Crippen LogP contribution in [0.5, 0.6) is 0 Å². The van der Waals surface area contributed by atoms with Crippen molar-refractivity contribution in [1.82, 2.24) is 15.0 Å². The van der Waals surface area contributed by atoms with Crippen LogP contribution >= 0.6 is 0 Å². The van der Waals surface area contributed by atoms with E-state index in [-0.39, 0.29) is 11.3 Å². The minimum atomic E-state index is -0.452. The second-order valence-corrected chi connectivity index (χ2v) is 9.77. The van der Waals surface area contributed by atoms with Crippen LogP contribution in [0.15, 0.2) is 42.9 Å². The Morgan fingerprint density at radius 3 is 2.35 bits per heavy atom. The number of nitrogens with zero attached hydrogens (tertiary/aromatic N) is 3. The highest BCUT2D eigenvalue weighted by Crippen LogP contribution is 2.42. The second-order valence-electron chi connectivity index (χ2n) is 9.77. The summed E-state index contributed by atoms with van der Waals surface area (Å²) in [6.45, 7) is 10.4. The molecule has 0 unspecified atom stereocenters. The lowest BCUT2D eigenvalue weighted by atomic mass is 9.80. The van der Waals surface area contributed by atoms with Crippen molar-refractivity contribution in [2.45, 2.75) is 64.7 Å². The van der Waals surface area contributed by atoms with Crippen molar-refractivity contribution >= 4 is 5.91 Å². The Balaban J connectivity index is 1.98.